The van der Waals surface area contributed by atoms with Gasteiger partial charge in [0.25, 0.3) is 0 Å². The highest BCUT2D eigenvalue weighted by Gasteiger charge is 2.51. The van der Waals surface area contributed by atoms with E-state index in [1.54, 1.807) is 4.90 Å². The van der Waals surface area contributed by atoms with E-state index in [1.807, 2.05) is 69.3 Å². The second kappa shape index (κ2) is 9.76. The average Bonchev–Trinajstić information content (AvgIpc) is 3.23. The molecule has 0 radical (unpaired) electrons. The van der Waals surface area contributed by atoms with Gasteiger partial charge >= 0.3 is 6.09 Å². The number of rotatable bonds is 5. The number of piperazine rings is 1. The molecule has 7 heteroatoms. The van der Waals surface area contributed by atoms with E-state index in [0.29, 0.717) is 32.6 Å². The Labute approximate surface area is 201 Å². The molecule has 2 aliphatic rings. The van der Waals surface area contributed by atoms with Crippen molar-refractivity contribution < 1.29 is 19.4 Å². The second-order valence-electron chi connectivity index (χ2n) is 10.1. The van der Waals surface area contributed by atoms with Crippen molar-refractivity contribution in [1.82, 2.24) is 15.1 Å². The zero-order chi connectivity index (χ0) is 24.3. The third-order valence-corrected chi connectivity index (χ3v) is 6.76. The van der Waals surface area contributed by atoms with Crippen LogP contribution in [0.15, 0.2) is 54.6 Å². The maximum Gasteiger partial charge on any atom is 0.410 e. The number of aryl methyl sites for hydroxylation is 1. The SMILES string of the molecule is CC(C)(C)OC(=O)N1CCN([C@]2(C(=O)N[C@H](CO)c3ccccc3)CCc3ccccc32)CC1. The van der Waals surface area contributed by atoms with Gasteiger partial charge in [0, 0.05) is 26.2 Å². The third-order valence-electron chi connectivity index (χ3n) is 6.76. The van der Waals surface area contributed by atoms with E-state index in [4.69, 9.17) is 4.74 Å². The van der Waals surface area contributed by atoms with Crippen LogP contribution in [0.4, 0.5) is 4.79 Å². The summed E-state index contributed by atoms with van der Waals surface area (Å²) >= 11 is 0. The van der Waals surface area contributed by atoms with Crippen molar-refractivity contribution >= 4 is 12.0 Å². The van der Waals surface area contributed by atoms with E-state index in [-0.39, 0.29) is 18.6 Å². The van der Waals surface area contributed by atoms with Crippen LogP contribution in [-0.2, 0) is 21.5 Å². The molecule has 0 spiro atoms. The molecule has 1 aliphatic heterocycles. The predicted molar refractivity (Wildman–Crippen MR) is 130 cm³/mol. The minimum absolute atomic E-state index is 0.105. The van der Waals surface area contributed by atoms with Crippen LogP contribution in [0.25, 0.3) is 0 Å². The summed E-state index contributed by atoms with van der Waals surface area (Å²) < 4.78 is 5.54. The van der Waals surface area contributed by atoms with Crippen molar-refractivity contribution in [3.8, 4) is 0 Å². The van der Waals surface area contributed by atoms with Gasteiger partial charge in [0.2, 0.25) is 5.91 Å². The van der Waals surface area contributed by atoms with Crippen LogP contribution >= 0.6 is 0 Å². The highest BCUT2D eigenvalue weighted by molar-refractivity contribution is 5.89. The monoisotopic (exact) mass is 465 g/mol. The molecule has 182 valence electrons. The fourth-order valence-electron chi connectivity index (χ4n) is 5.09. The number of nitrogens with zero attached hydrogens (tertiary/aromatic N) is 2. The summed E-state index contributed by atoms with van der Waals surface area (Å²) in [5, 5.41) is 13.2. The average molecular weight is 466 g/mol. The second-order valence-corrected chi connectivity index (χ2v) is 10.1. The van der Waals surface area contributed by atoms with Crippen LogP contribution in [0.2, 0.25) is 0 Å². The Hall–Kier alpha value is -2.90. The summed E-state index contributed by atoms with van der Waals surface area (Å²) in [6.07, 6.45) is 1.16. The van der Waals surface area contributed by atoms with Gasteiger partial charge in [0.05, 0.1) is 12.6 Å². The topological polar surface area (TPSA) is 82.1 Å². The summed E-state index contributed by atoms with van der Waals surface area (Å²) in [6.45, 7) is 7.52. The molecule has 34 heavy (non-hydrogen) atoms. The van der Waals surface area contributed by atoms with Crippen molar-refractivity contribution in [2.45, 2.75) is 50.8 Å². The van der Waals surface area contributed by atoms with Crippen LogP contribution in [0.3, 0.4) is 0 Å². The Balaban J connectivity index is 1.58. The number of aliphatic hydroxyl groups excluding tert-OH is 1. The molecular formula is C27H35N3O4. The summed E-state index contributed by atoms with van der Waals surface area (Å²) in [5.41, 5.74) is 1.68. The van der Waals surface area contributed by atoms with Crippen molar-refractivity contribution in [2.24, 2.45) is 0 Å². The number of hydrogen-bond donors (Lipinski definition) is 2. The van der Waals surface area contributed by atoms with Gasteiger partial charge in [-0.1, -0.05) is 54.6 Å². The van der Waals surface area contributed by atoms with Gasteiger partial charge in [0.15, 0.2) is 0 Å². The normalized spacial score (nSPS) is 21.6. The molecule has 2 aromatic rings. The first-order valence-corrected chi connectivity index (χ1v) is 12.0. The Morgan fingerprint density at radius 3 is 2.32 bits per heavy atom. The van der Waals surface area contributed by atoms with Gasteiger partial charge in [-0.15, -0.1) is 0 Å². The number of aliphatic hydroxyl groups is 1. The maximum atomic E-state index is 14.0. The lowest BCUT2D eigenvalue weighted by Gasteiger charge is -2.45. The number of benzene rings is 2. The molecule has 2 amide bonds. The fourth-order valence-corrected chi connectivity index (χ4v) is 5.09. The third kappa shape index (κ3) is 4.81. The van der Waals surface area contributed by atoms with Gasteiger partial charge in [-0.2, -0.15) is 0 Å². The largest absolute Gasteiger partial charge is 0.444 e. The highest BCUT2D eigenvalue weighted by Crippen LogP contribution is 2.43. The molecule has 7 nitrogen and oxygen atoms in total. The van der Waals surface area contributed by atoms with Crippen molar-refractivity contribution in [2.75, 3.05) is 32.8 Å². The molecule has 1 aliphatic carbocycles. The number of fused-ring (bicyclic) bond motifs is 1. The molecule has 0 unspecified atom stereocenters. The Bertz CT molecular complexity index is 1010. The first-order valence-electron chi connectivity index (χ1n) is 12.0. The zero-order valence-corrected chi connectivity index (χ0v) is 20.3. The molecule has 1 saturated heterocycles. The Morgan fingerprint density at radius 1 is 1.03 bits per heavy atom. The Morgan fingerprint density at radius 2 is 1.68 bits per heavy atom. The summed E-state index contributed by atoms with van der Waals surface area (Å²) in [4.78, 5) is 30.5. The van der Waals surface area contributed by atoms with E-state index in [1.165, 1.54) is 5.56 Å². The lowest BCUT2D eigenvalue weighted by Crippen LogP contribution is -2.61. The van der Waals surface area contributed by atoms with E-state index in [0.717, 1.165) is 17.5 Å². The van der Waals surface area contributed by atoms with Gasteiger partial charge < -0.3 is 20.1 Å². The van der Waals surface area contributed by atoms with Crippen LogP contribution < -0.4 is 5.32 Å². The lowest BCUT2D eigenvalue weighted by molar-refractivity contribution is -0.137. The van der Waals surface area contributed by atoms with Crippen LogP contribution in [0.5, 0.6) is 0 Å². The number of carbonyl (C=O) groups excluding carboxylic acids is 2. The summed E-state index contributed by atoms with van der Waals surface area (Å²) in [6, 6.07) is 17.2. The van der Waals surface area contributed by atoms with Crippen LogP contribution in [0, 0.1) is 0 Å². The zero-order valence-electron chi connectivity index (χ0n) is 20.3. The number of nitrogens with one attached hydrogen (secondary N) is 1. The maximum absolute atomic E-state index is 14.0. The molecule has 0 saturated carbocycles. The number of ether oxygens (including phenoxy) is 1. The van der Waals surface area contributed by atoms with Crippen LogP contribution in [0.1, 0.15) is 49.9 Å². The molecule has 0 bridgehead atoms. The first-order chi connectivity index (χ1) is 16.2. The molecule has 2 N–H and O–H groups in total. The van der Waals surface area contributed by atoms with E-state index in [2.05, 4.69) is 16.3 Å². The smallest absolute Gasteiger partial charge is 0.410 e. The molecule has 2 aromatic carbocycles. The van der Waals surface area contributed by atoms with E-state index >= 15 is 0 Å². The number of hydrogen-bond acceptors (Lipinski definition) is 5. The minimum Gasteiger partial charge on any atom is -0.444 e. The van der Waals surface area contributed by atoms with Crippen LogP contribution in [-0.4, -0.2) is 65.3 Å². The minimum atomic E-state index is -0.835. The predicted octanol–water partition coefficient (Wildman–Crippen LogP) is 3.23. The summed E-state index contributed by atoms with van der Waals surface area (Å²) in [7, 11) is 0. The molecular weight excluding hydrogens is 430 g/mol. The quantitative estimate of drug-likeness (QED) is 0.709. The van der Waals surface area contributed by atoms with Gasteiger partial charge in [-0.25, -0.2) is 4.79 Å². The van der Waals surface area contributed by atoms with E-state index in [9.17, 15) is 14.7 Å². The molecule has 1 fully saturated rings. The standard InChI is InChI=1S/C27H35N3O4/c1-26(2,3)34-25(33)29-15-17-30(18-16-29)27(14-13-20-9-7-8-12-22(20)27)24(32)28-23(19-31)21-10-5-4-6-11-21/h4-12,23,31H,13-19H2,1-3H3,(H,28,32)/t23-,27-/m1/s1. The number of carbonyl (C=O) groups is 2. The van der Waals surface area contributed by atoms with Crippen molar-refractivity contribution in [3.63, 3.8) is 0 Å². The fraction of sp³-hybridized carbons (Fsp3) is 0.481. The molecule has 4 rings (SSSR count). The van der Waals surface area contributed by atoms with Gasteiger partial charge in [-0.05, 0) is 50.3 Å². The first kappa shape index (κ1) is 24.2. The summed E-state index contributed by atoms with van der Waals surface area (Å²) in [5.74, 6) is -0.105. The van der Waals surface area contributed by atoms with Gasteiger partial charge in [0.1, 0.15) is 11.1 Å². The highest BCUT2D eigenvalue weighted by atomic mass is 16.6. The molecule has 2 atom stereocenters. The van der Waals surface area contributed by atoms with Crippen molar-refractivity contribution in [3.05, 3.63) is 71.3 Å². The molecule has 0 aromatic heterocycles. The lowest BCUT2D eigenvalue weighted by atomic mass is 9.87. The molecule has 1 heterocycles. The Kier molecular flexibility index (Phi) is 6.96. The van der Waals surface area contributed by atoms with E-state index < -0.39 is 17.2 Å². The van der Waals surface area contributed by atoms with Crippen molar-refractivity contribution in [1.29, 1.82) is 0 Å². The number of amides is 2. The van der Waals surface area contributed by atoms with Gasteiger partial charge in [-0.3, -0.25) is 9.69 Å².